The Hall–Kier alpha value is -1.74. The van der Waals surface area contributed by atoms with Crippen LogP contribution in [0.1, 0.15) is 36.1 Å². The Labute approximate surface area is 118 Å². The standard InChI is InChI=1S/C17H19F2N/c1-3-10-20-17(13-7-4-6-12(2)11-13)16-14(18)8-5-9-15(16)19/h4-9,11,17,20H,3,10H2,1-2H3. The average Bonchev–Trinajstić information content (AvgIpc) is 2.42. The van der Waals surface area contributed by atoms with Gasteiger partial charge in [0.15, 0.2) is 0 Å². The van der Waals surface area contributed by atoms with E-state index in [4.69, 9.17) is 0 Å². The van der Waals surface area contributed by atoms with Crippen molar-refractivity contribution in [3.63, 3.8) is 0 Å². The molecule has 0 spiro atoms. The van der Waals surface area contributed by atoms with Gasteiger partial charge in [-0.05, 0) is 37.6 Å². The van der Waals surface area contributed by atoms with Crippen molar-refractivity contribution < 1.29 is 8.78 Å². The van der Waals surface area contributed by atoms with Crippen molar-refractivity contribution >= 4 is 0 Å². The summed E-state index contributed by atoms with van der Waals surface area (Å²) in [5.74, 6) is -1.03. The number of halogens is 2. The molecule has 0 saturated heterocycles. The van der Waals surface area contributed by atoms with Gasteiger partial charge in [0.1, 0.15) is 11.6 Å². The minimum atomic E-state index is -0.514. The van der Waals surface area contributed by atoms with E-state index in [9.17, 15) is 8.78 Å². The zero-order valence-corrected chi connectivity index (χ0v) is 11.8. The van der Waals surface area contributed by atoms with Gasteiger partial charge in [0, 0.05) is 5.56 Å². The van der Waals surface area contributed by atoms with Crippen molar-refractivity contribution in [1.29, 1.82) is 0 Å². The zero-order chi connectivity index (χ0) is 14.5. The van der Waals surface area contributed by atoms with E-state index in [0.717, 1.165) is 17.5 Å². The molecule has 0 bridgehead atoms. The molecule has 0 amide bonds. The normalized spacial score (nSPS) is 12.4. The molecule has 0 radical (unpaired) electrons. The molecule has 2 aromatic rings. The summed E-state index contributed by atoms with van der Waals surface area (Å²) < 4.78 is 28.1. The van der Waals surface area contributed by atoms with Crippen LogP contribution < -0.4 is 5.32 Å². The van der Waals surface area contributed by atoms with Crippen LogP contribution in [-0.4, -0.2) is 6.54 Å². The second-order valence-electron chi connectivity index (χ2n) is 4.94. The van der Waals surface area contributed by atoms with E-state index in [2.05, 4.69) is 5.32 Å². The summed E-state index contributed by atoms with van der Waals surface area (Å²) in [6, 6.07) is 11.3. The lowest BCUT2D eigenvalue weighted by molar-refractivity contribution is 0.503. The Morgan fingerprint density at radius 2 is 1.70 bits per heavy atom. The van der Waals surface area contributed by atoms with Crippen LogP contribution in [0.5, 0.6) is 0 Å². The average molecular weight is 275 g/mol. The third-order valence-electron chi connectivity index (χ3n) is 3.26. The van der Waals surface area contributed by atoms with Gasteiger partial charge in [-0.3, -0.25) is 0 Å². The molecule has 0 heterocycles. The molecule has 20 heavy (non-hydrogen) atoms. The lowest BCUT2D eigenvalue weighted by Crippen LogP contribution is -2.25. The highest BCUT2D eigenvalue weighted by atomic mass is 19.1. The first-order valence-corrected chi connectivity index (χ1v) is 6.87. The third-order valence-corrected chi connectivity index (χ3v) is 3.26. The first-order valence-electron chi connectivity index (χ1n) is 6.87. The molecular weight excluding hydrogens is 256 g/mol. The van der Waals surface area contributed by atoms with Gasteiger partial charge in [0.2, 0.25) is 0 Å². The zero-order valence-electron chi connectivity index (χ0n) is 11.8. The number of benzene rings is 2. The molecule has 1 unspecified atom stereocenters. The molecule has 106 valence electrons. The molecule has 0 aliphatic rings. The van der Waals surface area contributed by atoms with E-state index in [1.807, 2.05) is 38.1 Å². The highest BCUT2D eigenvalue weighted by molar-refractivity contribution is 5.35. The number of nitrogens with one attached hydrogen (secondary N) is 1. The van der Waals surface area contributed by atoms with Gasteiger partial charge < -0.3 is 5.32 Å². The lowest BCUT2D eigenvalue weighted by Gasteiger charge is -2.21. The minimum Gasteiger partial charge on any atom is -0.306 e. The van der Waals surface area contributed by atoms with Gasteiger partial charge in [0.05, 0.1) is 6.04 Å². The maximum Gasteiger partial charge on any atom is 0.131 e. The maximum absolute atomic E-state index is 14.0. The van der Waals surface area contributed by atoms with E-state index in [1.165, 1.54) is 18.2 Å². The van der Waals surface area contributed by atoms with E-state index >= 15 is 0 Å². The highest BCUT2D eigenvalue weighted by Crippen LogP contribution is 2.27. The smallest absolute Gasteiger partial charge is 0.131 e. The maximum atomic E-state index is 14.0. The van der Waals surface area contributed by atoms with Gasteiger partial charge >= 0.3 is 0 Å². The molecule has 0 aliphatic carbocycles. The topological polar surface area (TPSA) is 12.0 Å². The third kappa shape index (κ3) is 3.23. The predicted molar refractivity (Wildman–Crippen MR) is 77.7 cm³/mol. The summed E-state index contributed by atoms with van der Waals surface area (Å²) >= 11 is 0. The SMILES string of the molecule is CCCNC(c1cccc(C)c1)c1c(F)cccc1F. The van der Waals surface area contributed by atoms with Crippen molar-refractivity contribution in [3.05, 3.63) is 70.8 Å². The predicted octanol–water partition coefficient (Wildman–Crippen LogP) is 4.36. The van der Waals surface area contributed by atoms with E-state index in [1.54, 1.807) is 0 Å². The largest absolute Gasteiger partial charge is 0.306 e. The second-order valence-corrected chi connectivity index (χ2v) is 4.94. The van der Waals surface area contributed by atoms with Gasteiger partial charge in [-0.1, -0.05) is 42.8 Å². The number of hydrogen-bond acceptors (Lipinski definition) is 1. The number of rotatable bonds is 5. The Balaban J connectivity index is 2.47. The quantitative estimate of drug-likeness (QED) is 0.854. The van der Waals surface area contributed by atoms with Crippen LogP contribution >= 0.6 is 0 Å². The summed E-state index contributed by atoms with van der Waals surface area (Å²) in [5.41, 5.74) is 2.04. The van der Waals surface area contributed by atoms with E-state index in [-0.39, 0.29) is 5.56 Å². The lowest BCUT2D eigenvalue weighted by atomic mass is 9.96. The summed E-state index contributed by atoms with van der Waals surface area (Å²) in [6.45, 7) is 4.70. The molecule has 1 N–H and O–H groups in total. The summed E-state index contributed by atoms with van der Waals surface area (Å²) in [7, 11) is 0. The van der Waals surface area contributed by atoms with Crippen molar-refractivity contribution in [2.24, 2.45) is 0 Å². The van der Waals surface area contributed by atoms with E-state index < -0.39 is 17.7 Å². The fourth-order valence-electron chi connectivity index (χ4n) is 2.31. The van der Waals surface area contributed by atoms with Crippen molar-refractivity contribution in [1.82, 2.24) is 5.32 Å². The highest BCUT2D eigenvalue weighted by Gasteiger charge is 2.21. The molecule has 0 fully saturated rings. The fourth-order valence-corrected chi connectivity index (χ4v) is 2.31. The van der Waals surface area contributed by atoms with Gasteiger partial charge in [0.25, 0.3) is 0 Å². The molecule has 0 saturated carbocycles. The Morgan fingerprint density at radius 3 is 2.30 bits per heavy atom. The first kappa shape index (κ1) is 14.7. The van der Waals surface area contributed by atoms with Crippen LogP contribution in [-0.2, 0) is 0 Å². The Kier molecular flexibility index (Phi) is 4.85. The van der Waals surface area contributed by atoms with Gasteiger partial charge in [-0.25, -0.2) is 8.78 Å². The van der Waals surface area contributed by atoms with Gasteiger partial charge in [-0.2, -0.15) is 0 Å². The fraction of sp³-hybridized carbons (Fsp3) is 0.294. The molecule has 0 aromatic heterocycles. The van der Waals surface area contributed by atoms with Crippen LogP contribution in [0.25, 0.3) is 0 Å². The van der Waals surface area contributed by atoms with Crippen LogP contribution in [0.2, 0.25) is 0 Å². The molecule has 1 nitrogen and oxygen atoms in total. The van der Waals surface area contributed by atoms with Crippen molar-refractivity contribution in [2.45, 2.75) is 26.3 Å². The number of aryl methyl sites for hydroxylation is 1. The van der Waals surface area contributed by atoms with Crippen molar-refractivity contribution in [3.8, 4) is 0 Å². The van der Waals surface area contributed by atoms with Crippen LogP contribution in [0.3, 0.4) is 0 Å². The molecular formula is C17H19F2N. The minimum absolute atomic E-state index is 0.0894. The molecule has 0 aliphatic heterocycles. The monoisotopic (exact) mass is 275 g/mol. The van der Waals surface area contributed by atoms with Crippen LogP contribution in [0, 0.1) is 18.6 Å². The van der Waals surface area contributed by atoms with Crippen LogP contribution in [0.15, 0.2) is 42.5 Å². The van der Waals surface area contributed by atoms with E-state index in [0.29, 0.717) is 6.54 Å². The Morgan fingerprint density at radius 1 is 1.05 bits per heavy atom. The Bertz CT molecular complexity index is 561. The van der Waals surface area contributed by atoms with Crippen molar-refractivity contribution in [2.75, 3.05) is 6.54 Å². The molecule has 2 rings (SSSR count). The number of hydrogen-bond donors (Lipinski definition) is 1. The second kappa shape index (κ2) is 6.62. The molecule has 3 heteroatoms. The summed E-state index contributed by atoms with van der Waals surface area (Å²) in [4.78, 5) is 0. The van der Waals surface area contributed by atoms with Gasteiger partial charge in [-0.15, -0.1) is 0 Å². The summed E-state index contributed by atoms with van der Waals surface area (Å²) in [6.07, 6.45) is 0.901. The summed E-state index contributed by atoms with van der Waals surface area (Å²) in [5, 5.41) is 3.23. The first-order chi connectivity index (χ1) is 9.63. The molecule has 1 atom stereocenters. The van der Waals surface area contributed by atoms with Crippen LogP contribution in [0.4, 0.5) is 8.78 Å². The molecule has 2 aromatic carbocycles.